The van der Waals surface area contributed by atoms with E-state index < -0.39 is 72.9 Å². The lowest BCUT2D eigenvalue weighted by Gasteiger charge is -2.31. The Morgan fingerprint density at radius 2 is 1.32 bits per heavy atom. The standard InChI is InChI=1S/C58H52N4O/c1-38-30-49(57(3,4)5)56(50(31-38)58(6,7)8)61-37-60(54-33-42(26-29-52(54)61)40-18-11-9-12-19-40)43-22-17-23-44(34-43)63-45-27-28-47-46-24-15-16-25-51(46)62(53(47)35-45)55-32-39(2)48(36-59-55)41-20-13-10-14-21-41/h9-36H,1-8H3/i1D3,2D3,9D,10D,11D,12D,13D,14D,18D,19D,20D,21D. The molecule has 0 amide bonds. The molecule has 0 atom stereocenters. The molecule has 0 aliphatic rings. The van der Waals surface area contributed by atoms with Crippen LogP contribution in [0.15, 0.2) is 170 Å². The van der Waals surface area contributed by atoms with E-state index in [9.17, 15) is 0 Å². The van der Waals surface area contributed by atoms with Gasteiger partial charge in [0.2, 0.25) is 0 Å². The largest absolute Gasteiger partial charge is 0.458 e. The van der Waals surface area contributed by atoms with Gasteiger partial charge in [-0.2, -0.15) is 0 Å². The molecule has 310 valence electrons. The molecule has 0 saturated carbocycles. The van der Waals surface area contributed by atoms with Crippen LogP contribution in [0, 0.1) is 20.0 Å². The highest BCUT2D eigenvalue weighted by Crippen LogP contribution is 2.39. The number of fused-ring (bicyclic) bond motifs is 4. The number of hydrogen-bond donors (Lipinski definition) is 0. The summed E-state index contributed by atoms with van der Waals surface area (Å²) in [5.74, 6) is 0.970. The first kappa shape index (κ1) is 25.6. The number of pyridine rings is 1. The summed E-state index contributed by atoms with van der Waals surface area (Å²) in [5, 5.41) is 1.61. The molecule has 10 aromatic rings. The maximum absolute atomic E-state index is 8.88. The Balaban J connectivity index is 1.15. The Kier molecular flexibility index (Phi) is 6.22. The van der Waals surface area contributed by atoms with E-state index in [0.29, 0.717) is 50.5 Å². The van der Waals surface area contributed by atoms with Crippen LogP contribution in [0.5, 0.6) is 11.5 Å². The summed E-state index contributed by atoms with van der Waals surface area (Å²) in [7, 11) is 0. The smallest absolute Gasteiger partial charge is 0.269 e. The SMILES string of the molecule is [2H]c1c([2H])c([2H])c(-c2ccc3c(c2)n(-c2cccc(Oc4ccc5c6ccccc6n(-c6cc(C([2H])([2H])[2H])c(-c7c([2H])c([2H])c([2H])c([2H])c7[2H])cn6)c5c4)c2)[c-][n+]3-c2c(C(C)(C)C)cc(C([2H])([2H])[2H])cc2C(C)(C)C)c([2H])c1[2H]. The zero-order valence-corrected chi connectivity index (χ0v) is 35.6. The molecule has 0 fully saturated rings. The number of aromatic nitrogens is 4. The van der Waals surface area contributed by atoms with Crippen LogP contribution in [0.25, 0.3) is 72.3 Å². The highest BCUT2D eigenvalue weighted by atomic mass is 16.5. The molecule has 3 heterocycles. The maximum Gasteiger partial charge on any atom is 0.269 e. The van der Waals surface area contributed by atoms with Gasteiger partial charge in [-0.15, -0.1) is 0 Å². The molecule has 0 aliphatic heterocycles. The average Bonchev–Trinajstić information content (AvgIpc) is 4.14. The van der Waals surface area contributed by atoms with Gasteiger partial charge in [0.15, 0.2) is 0 Å². The summed E-state index contributed by atoms with van der Waals surface area (Å²) >= 11 is 0. The van der Waals surface area contributed by atoms with Crippen LogP contribution in [0.1, 0.15) is 85.7 Å². The number of ether oxygens (including phenoxy) is 1. The average molecular weight is 837 g/mol. The van der Waals surface area contributed by atoms with Crippen molar-refractivity contribution in [2.75, 3.05) is 0 Å². The van der Waals surface area contributed by atoms with E-state index in [1.165, 1.54) is 12.3 Å². The van der Waals surface area contributed by atoms with Crippen molar-refractivity contribution in [1.29, 1.82) is 0 Å². The van der Waals surface area contributed by atoms with Crippen molar-refractivity contribution in [3.05, 3.63) is 198 Å². The van der Waals surface area contributed by atoms with Gasteiger partial charge in [0, 0.05) is 36.8 Å². The Hall–Kier alpha value is -7.24. The molecule has 7 aromatic carbocycles. The number of benzene rings is 7. The minimum absolute atomic E-state index is 0.0136. The van der Waals surface area contributed by atoms with Crippen LogP contribution in [0.3, 0.4) is 0 Å². The first-order chi connectivity index (χ1) is 36.9. The van der Waals surface area contributed by atoms with Gasteiger partial charge in [0.1, 0.15) is 17.3 Å². The molecule has 0 radical (unpaired) electrons. The third-order valence-corrected chi connectivity index (χ3v) is 11.2. The van der Waals surface area contributed by atoms with Gasteiger partial charge in [-0.3, -0.25) is 13.7 Å². The zero-order valence-electron chi connectivity index (χ0n) is 51.6. The second-order valence-electron chi connectivity index (χ2n) is 17.6. The van der Waals surface area contributed by atoms with Gasteiger partial charge < -0.3 is 4.74 Å². The summed E-state index contributed by atoms with van der Waals surface area (Å²) in [6.07, 6.45) is 4.82. The van der Waals surface area contributed by atoms with E-state index in [1.807, 2.05) is 88.6 Å². The second kappa shape index (κ2) is 15.3. The van der Waals surface area contributed by atoms with Crippen LogP contribution in [0.4, 0.5) is 0 Å². The lowest BCUT2D eigenvalue weighted by molar-refractivity contribution is -0.574. The number of nitrogens with zero attached hydrogens (tertiary/aromatic N) is 4. The molecular weight excluding hydrogens is 769 g/mol. The van der Waals surface area contributed by atoms with Crippen molar-refractivity contribution in [3.8, 4) is 50.9 Å². The van der Waals surface area contributed by atoms with Crippen molar-refractivity contribution in [2.24, 2.45) is 0 Å². The molecule has 0 saturated heterocycles. The van der Waals surface area contributed by atoms with E-state index in [0.717, 1.165) is 21.9 Å². The van der Waals surface area contributed by atoms with Gasteiger partial charge in [0.25, 0.3) is 6.33 Å². The molecule has 0 aliphatic carbocycles. The zero-order chi connectivity index (χ0) is 57.3. The summed E-state index contributed by atoms with van der Waals surface area (Å²) in [6.45, 7) is 6.90. The first-order valence-corrected chi connectivity index (χ1v) is 20.5. The Bertz CT molecular complexity index is 4090. The minimum atomic E-state index is -2.80. The molecule has 0 spiro atoms. The first-order valence-electron chi connectivity index (χ1n) is 28.5. The van der Waals surface area contributed by atoms with Crippen LogP contribution in [0.2, 0.25) is 0 Å². The van der Waals surface area contributed by atoms with Crippen molar-refractivity contribution < 1.29 is 31.2 Å². The summed E-state index contributed by atoms with van der Waals surface area (Å²) in [6, 6.07) is 25.2. The predicted molar refractivity (Wildman–Crippen MR) is 260 cm³/mol. The number of imidazole rings is 1. The molecule has 5 nitrogen and oxygen atoms in total. The summed E-state index contributed by atoms with van der Waals surface area (Å²) < 4.78 is 148. The lowest BCUT2D eigenvalue weighted by Crippen LogP contribution is -2.37. The second-order valence-corrected chi connectivity index (χ2v) is 17.6. The Morgan fingerprint density at radius 1 is 0.619 bits per heavy atom. The van der Waals surface area contributed by atoms with E-state index in [-0.39, 0.29) is 45.7 Å². The summed E-state index contributed by atoms with van der Waals surface area (Å²) in [5.41, 5.74) is 3.95. The predicted octanol–water partition coefficient (Wildman–Crippen LogP) is 14.5. The van der Waals surface area contributed by atoms with Crippen LogP contribution in [-0.4, -0.2) is 14.1 Å². The van der Waals surface area contributed by atoms with Crippen LogP contribution < -0.4 is 9.30 Å². The highest BCUT2D eigenvalue weighted by molar-refractivity contribution is 6.09. The van der Waals surface area contributed by atoms with Gasteiger partial charge in [0.05, 0.1) is 47.1 Å². The quantitative estimate of drug-likeness (QED) is 0.118. The molecule has 10 rings (SSSR count). The van der Waals surface area contributed by atoms with Crippen molar-refractivity contribution in [1.82, 2.24) is 14.1 Å². The molecule has 5 heteroatoms. The fourth-order valence-corrected chi connectivity index (χ4v) is 8.27. The Labute approximate surface area is 393 Å². The molecule has 0 unspecified atom stereocenters. The molecule has 0 N–H and O–H groups in total. The van der Waals surface area contributed by atoms with Crippen LogP contribution >= 0.6 is 0 Å². The van der Waals surface area contributed by atoms with E-state index >= 15 is 0 Å². The fourth-order valence-electron chi connectivity index (χ4n) is 8.27. The molecular formula is C58H52N4O. The minimum Gasteiger partial charge on any atom is -0.458 e. The third-order valence-electron chi connectivity index (χ3n) is 11.2. The monoisotopic (exact) mass is 837 g/mol. The topological polar surface area (TPSA) is 35.9 Å². The number of rotatable bonds is 7. The Morgan fingerprint density at radius 3 is 2.03 bits per heavy atom. The molecule has 63 heavy (non-hydrogen) atoms. The van der Waals surface area contributed by atoms with Gasteiger partial charge in [-0.05, 0) is 106 Å². The van der Waals surface area contributed by atoms with Crippen molar-refractivity contribution >= 4 is 32.8 Å². The van der Waals surface area contributed by atoms with Crippen molar-refractivity contribution in [2.45, 2.75) is 66.1 Å². The van der Waals surface area contributed by atoms with E-state index in [1.54, 1.807) is 63.7 Å². The van der Waals surface area contributed by atoms with Gasteiger partial charge in [-0.1, -0.05) is 156 Å². The third kappa shape index (κ3) is 7.27. The summed E-state index contributed by atoms with van der Waals surface area (Å²) in [4.78, 5) is 4.70. The molecule has 3 aromatic heterocycles. The highest BCUT2D eigenvalue weighted by Gasteiger charge is 2.29. The van der Waals surface area contributed by atoms with Gasteiger partial charge in [-0.25, -0.2) is 4.98 Å². The van der Waals surface area contributed by atoms with Crippen LogP contribution in [-0.2, 0) is 10.8 Å². The number of aryl methyl sites for hydroxylation is 2. The molecule has 0 bridgehead atoms. The van der Waals surface area contributed by atoms with Gasteiger partial charge >= 0.3 is 0 Å². The van der Waals surface area contributed by atoms with E-state index in [4.69, 9.17) is 31.7 Å². The van der Waals surface area contributed by atoms with E-state index in [2.05, 4.69) is 6.33 Å². The maximum atomic E-state index is 8.88. The number of para-hydroxylation sites is 1. The fraction of sp³-hybridized carbons (Fsp3) is 0.172. The number of hydrogen-bond acceptors (Lipinski definition) is 2. The normalized spacial score (nSPS) is 16.2. The van der Waals surface area contributed by atoms with Crippen molar-refractivity contribution in [3.63, 3.8) is 0 Å². The lowest BCUT2D eigenvalue weighted by atomic mass is 9.77.